The van der Waals surface area contributed by atoms with E-state index in [4.69, 9.17) is 4.74 Å². The van der Waals surface area contributed by atoms with Gasteiger partial charge in [0.1, 0.15) is 5.75 Å². The van der Waals surface area contributed by atoms with Crippen molar-refractivity contribution < 1.29 is 22.7 Å². The van der Waals surface area contributed by atoms with Crippen LogP contribution in [0.15, 0.2) is 54.6 Å². The van der Waals surface area contributed by atoms with Crippen molar-refractivity contribution in [3.05, 3.63) is 65.7 Å². The third-order valence-corrected chi connectivity index (χ3v) is 7.48. The number of hydrogen-bond acceptors (Lipinski definition) is 5. The smallest absolute Gasteiger partial charge is 0.261 e. The average molecular weight is 459 g/mol. The normalized spacial score (nSPS) is 18.0. The van der Waals surface area contributed by atoms with E-state index >= 15 is 0 Å². The third kappa shape index (κ3) is 6.09. The molecule has 0 radical (unpaired) electrons. The second-order valence-electron chi connectivity index (χ2n) is 8.07. The summed E-state index contributed by atoms with van der Waals surface area (Å²) >= 11 is 0. The number of carbonyl (C=O) groups excluding carboxylic acids is 2. The molecule has 2 atom stereocenters. The molecule has 1 aliphatic heterocycles. The standard InChI is InChI=1S/C24H30N2O5S/c1-3-18(2)26(20-13-14-32(29,30)17-20)23(27)16-31-22-12-8-7-11-21(22)24(28)25-15-19-9-5-4-6-10-19/h4-12,18,20H,3,13-17H2,1-2H3,(H,25,28)/t18-,20-/m0/s1. The van der Waals surface area contributed by atoms with Crippen LogP contribution in [0.4, 0.5) is 0 Å². The van der Waals surface area contributed by atoms with Crippen LogP contribution in [-0.2, 0) is 21.2 Å². The monoisotopic (exact) mass is 458 g/mol. The van der Waals surface area contributed by atoms with Crippen molar-refractivity contribution in [2.24, 2.45) is 0 Å². The molecule has 0 bridgehead atoms. The quantitative estimate of drug-likeness (QED) is 0.624. The molecular formula is C24H30N2O5S. The van der Waals surface area contributed by atoms with Gasteiger partial charge in [-0.2, -0.15) is 0 Å². The molecule has 1 aliphatic rings. The first-order valence-corrected chi connectivity index (χ1v) is 12.7. The van der Waals surface area contributed by atoms with E-state index in [0.717, 1.165) is 5.56 Å². The molecule has 0 aromatic heterocycles. The summed E-state index contributed by atoms with van der Waals surface area (Å²) < 4.78 is 29.6. The topological polar surface area (TPSA) is 92.8 Å². The molecule has 0 spiro atoms. The van der Waals surface area contributed by atoms with E-state index in [9.17, 15) is 18.0 Å². The van der Waals surface area contributed by atoms with Gasteiger partial charge in [-0.25, -0.2) is 8.42 Å². The highest BCUT2D eigenvalue weighted by molar-refractivity contribution is 7.91. The lowest BCUT2D eigenvalue weighted by Gasteiger charge is -2.33. The summed E-state index contributed by atoms with van der Waals surface area (Å²) in [6.45, 7) is 3.99. The van der Waals surface area contributed by atoms with Crippen LogP contribution >= 0.6 is 0 Å². The second-order valence-corrected chi connectivity index (χ2v) is 10.3. The zero-order valence-corrected chi connectivity index (χ0v) is 19.3. The van der Waals surface area contributed by atoms with Crippen LogP contribution in [0.2, 0.25) is 0 Å². The zero-order chi connectivity index (χ0) is 23.1. The number of carbonyl (C=O) groups is 2. The van der Waals surface area contributed by atoms with E-state index in [1.54, 1.807) is 29.2 Å². The summed E-state index contributed by atoms with van der Waals surface area (Å²) in [5.41, 5.74) is 1.32. The summed E-state index contributed by atoms with van der Waals surface area (Å²) in [7, 11) is -3.12. The Kier molecular flexibility index (Phi) is 7.90. The fourth-order valence-electron chi connectivity index (χ4n) is 3.87. The van der Waals surface area contributed by atoms with Crippen molar-refractivity contribution in [2.75, 3.05) is 18.1 Å². The highest BCUT2D eigenvalue weighted by Gasteiger charge is 2.36. The molecule has 172 valence electrons. The number of sulfone groups is 1. The van der Waals surface area contributed by atoms with E-state index in [-0.39, 0.29) is 42.0 Å². The van der Waals surface area contributed by atoms with Gasteiger partial charge >= 0.3 is 0 Å². The maximum Gasteiger partial charge on any atom is 0.261 e. The Labute approximate surface area is 189 Å². The fraction of sp³-hybridized carbons (Fsp3) is 0.417. The van der Waals surface area contributed by atoms with Crippen LogP contribution in [-0.4, -0.2) is 55.3 Å². The number of para-hydroxylation sites is 1. The number of amides is 2. The maximum atomic E-state index is 13.0. The van der Waals surface area contributed by atoms with Crippen LogP contribution in [0, 0.1) is 0 Å². The Balaban J connectivity index is 1.66. The Bertz CT molecular complexity index is 1040. The fourth-order valence-corrected chi connectivity index (χ4v) is 5.58. The van der Waals surface area contributed by atoms with Gasteiger partial charge in [-0.15, -0.1) is 0 Å². The molecule has 7 nitrogen and oxygen atoms in total. The van der Waals surface area contributed by atoms with Crippen LogP contribution in [0.25, 0.3) is 0 Å². The van der Waals surface area contributed by atoms with E-state index in [0.29, 0.717) is 30.7 Å². The van der Waals surface area contributed by atoms with Crippen LogP contribution in [0.5, 0.6) is 5.75 Å². The molecule has 0 unspecified atom stereocenters. The van der Waals surface area contributed by atoms with Gasteiger partial charge in [0.05, 0.1) is 17.1 Å². The average Bonchev–Trinajstić information content (AvgIpc) is 3.15. The van der Waals surface area contributed by atoms with Gasteiger partial charge in [0.25, 0.3) is 11.8 Å². The number of nitrogens with zero attached hydrogens (tertiary/aromatic N) is 1. The van der Waals surface area contributed by atoms with Gasteiger partial charge in [-0.3, -0.25) is 9.59 Å². The lowest BCUT2D eigenvalue weighted by atomic mass is 10.1. The number of nitrogens with one attached hydrogen (secondary N) is 1. The number of hydrogen-bond donors (Lipinski definition) is 1. The molecule has 0 aliphatic carbocycles. The number of benzene rings is 2. The van der Waals surface area contributed by atoms with Crippen molar-refractivity contribution in [2.45, 2.75) is 45.3 Å². The Hall–Kier alpha value is -2.87. The summed E-state index contributed by atoms with van der Waals surface area (Å²) in [6.07, 6.45) is 1.15. The molecule has 8 heteroatoms. The third-order valence-electron chi connectivity index (χ3n) is 5.73. The van der Waals surface area contributed by atoms with E-state index < -0.39 is 9.84 Å². The summed E-state index contributed by atoms with van der Waals surface area (Å²) in [5.74, 6) is -0.168. The molecule has 2 aromatic rings. The van der Waals surface area contributed by atoms with Gasteiger partial charge in [0.15, 0.2) is 16.4 Å². The Morgan fingerprint density at radius 3 is 2.47 bits per heavy atom. The summed E-state index contributed by atoms with van der Waals surface area (Å²) in [5, 5.41) is 2.87. The number of rotatable bonds is 9. The molecule has 1 saturated heterocycles. The van der Waals surface area contributed by atoms with E-state index in [1.165, 1.54) is 0 Å². The van der Waals surface area contributed by atoms with Gasteiger partial charge < -0.3 is 15.0 Å². The van der Waals surface area contributed by atoms with Crippen molar-refractivity contribution in [1.29, 1.82) is 0 Å². The molecule has 3 rings (SSSR count). The number of ether oxygens (including phenoxy) is 1. The van der Waals surface area contributed by atoms with E-state index in [2.05, 4.69) is 5.32 Å². The molecular weight excluding hydrogens is 428 g/mol. The second kappa shape index (κ2) is 10.6. The molecule has 32 heavy (non-hydrogen) atoms. The first-order valence-electron chi connectivity index (χ1n) is 10.9. The maximum absolute atomic E-state index is 13.0. The predicted molar refractivity (Wildman–Crippen MR) is 123 cm³/mol. The molecule has 2 aromatic carbocycles. The molecule has 2 amide bonds. The predicted octanol–water partition coefficient (Wildman–Crippen LogP) is 2.81. The molecule has 1 heterocycles. The Morgan fingerprint density at radius 1 is 1.12 bits per heavy atom. The van der Waals surface area contributed by atoms with Crippen molar-refractivity contribution >= 4 is 21.7 Å². The Morgan fingerprint density at radius 2 is 1.81 bits per heavy atom. The SMILES string of the molecule is CC[C@H](C)N(C(=O)COc1ccccc1C(=O)NCc1ccccc1)[C@H]1CCS(=O)(=O)C1. The van der Waals surface area contributed by atoms with Crippen LogP contribution in [0.3, 0.4) is 0 Å². The molecule has 1 N–H and O–H groups in total. The van der Waals surface area contributed by atoms with E-state index in [1.807, 2.05) is 44.2 Å². The lowest BCUT2D eigenvalue weighted by molar-refractivity contribution is -0.137. The van der Waals surface area contributed by atoms with Crippen molar-refractivity contribution in [3.63, 3.8) is 0 Å². The summed E-state index contributed by atoms with van der Waals surface area (Å²) in [4.78, 5) is 27.4. The van der Waals surface area contributed by atoms with Gasteiger partial charge in [-0.05, 0) is 37.5 Å². The van der Waals surface area contributed by atoms with Crippen molar-refractivity contribution in [3.8, 4) is 5.75 Å². The first-order chi connectivity index (χ1) is 15.3. The minimum absolute atomic E-state index is 0.0123. The lowest BCUT2D eigenvalue weighted by Crippen LogP contribution is -2.48. The van der Waals surface area contributed by atoms with Gasteiger partial charge in [-0.1, -0.05) is 49.4 Å². The molecule has 1 fully saturated rings. The van der Waals surface area contributed by atoms with Gasteiger partial charge in [0.2, 0.25) is 0 Å². The largest absolute Gasteiger partial charge is 0.483 e. The first kappa shape index (κ1) is 23.8. The van der Waals surface area contributed by atoms with Crippen LogP contribution in [0.1, 0.15) is 42.6 Å². The van der Waals surface area contributed by atoms with Gasteiger partial charge in [0, 0.05) is 18.6 Å². The van der Waals surface area contributed by atoms with Crippen LogP contribution < -0.4 is 10.1 Å². The minimum Gasteiger partial charge on any atom is -0.483 e. The van der Waals surface area contributed by atoms with Crippen molar-refractivity contribution in [1.82, 2.24) is 10.2 Å². The highest BCUT2D eigenvalue weighted by Crippen LogP contribution is 2.23. The zero-order valence-electron chi connectivity index (χ0n) is 18.5. The minimum atomic E-state index is -3.12. The highest BCUT2D eigenvalue weighted by atomic mass is 32.2. The molecule has 0 saturated carbocycles. The summed E-state index contributed by atoms with van der Waals surface area (Å²) in [6, 6.07) is 15.9.